The van der Waals surface area contributed by atoms with Crippen LogP contribution in [0.3, 0.4) is 0 Å². The second-order valence-corrected chi connectivity index (χ2v) is 8.70. The lowest BCUT2D eigenvalue weighted by Crippen LogP contribution is -2.15. The van der Waals surface area contributed by atoms with Crippen molar-refractivity contribution in [3.8, 4) is 17.2 Å². The van der Waals surface area contributed by atoms with E-state index >= 15 is 0 Å². The third-order valence-corrected chi connectivity index (χ3v) is 6.22. The molecular formula is C32H26O6. The third-order valence-electron chi connectivity index (χ3n) is 6.22. The smallest absolute Gasteiger partial charge is 0.338 e. The second-order valence-electron chi connectivity index (χ2n) is 8.70. The van der Waals surface area contributed by atoms with Gasteiger partial charge in [-0.1, -0.05) is 66.7 Å². The normalized spacial score (nSPS) is 12.4. The van der Waals surface area contributed by atoms with Gasteiger partial charge in [-0.15, -0.1) is 0 Å². The minimum absolute atomic E-state index is 0.102. The van der Waals surface area contributed by atoms with Crippen molar-refractivity contribution in [3.63, 3.8) is 0 Å². The average molecular weight is 507 g/mol. The maximum atomic E-state index is 13.9. The summed E-state index contributed by atoms with van der Waals surface area (Å²) in [7, 11) is 1.30. The Kier molecular flexibility index (Phi) is 7.50. The minimum Gasteiger partial charge on any atom is -0.489 e. The number of fused-ring (bicyclic) bond motifs is 1. The van der Waals surface area contributed by atoms with Gasteiger partial charge < -0.3 is 18.9 Å². The molecule has 0 fully saturated rings. The van der Waals surface area contributed by atoms with Crippen molar-refractivity contribution in [3.05, 3.63) is 131 Å². The Morgan fingerprint density at radius 3 is 2.05 bits per heavy atom. The maximum Gasteiger partial charge on any atom is 0.338 e. The zero-order valence-electron chi connectivity index (χ0n) is 20.9. The second kappa shape index (κ2) is 11.5. The summed E-state index contributed by atoms with van der Waals surface area (Å²) >= 11 is 0. The first-order valence-electron chi connectivity index (χ1n) is 12.2. The van der Waals surface area contributed by atoms with E-state index < -0.39 is 5.97 Å². The molecule has 0 radical (unpaired) electrons. The Morgan fingerprint density at radius 1 is 0.737 bits per heavy atom. The van der Waals surface area contributed by atoms with Crippen LogP contribution in [0, 0.1) is 0 Å². The quantitative estimate of drug-likeness (QED) is 0.156. The molecule has 0 saturated heterocycles. The van der Waals surface area contributed by atoms with Gasteiger partial charge in [-0.05, 0) is 53.1 Å². The lowest BCUT2D eigenvalue weighted by Gasteiger charge is -2.15. The van der Waals surface area contributed by atoms with Crippen LogP contribution in [0.5, 0.6) is 17.2 Å². The molecule has 5 rings (SSSR count). The van der Waals surface area contributed by atoms with Crippen LogP contribution >= 0.6 is 0 Å². The SMILES string of the molecule is COC(=O)/C(=C(/Cc1ccccc1)C(=O)c1ccc(OCc2ccccc2)cc1)c1ccc2c(c1)OCO2. The summed E-state index contributed by atoms with van der Waals surface area (Å²) in [5.41, 5.74) is 3.39. The first kappa shape index (κ1) is 24.8. The van der Waals surface area contributed by atoms with Crippen molar-refractivity contribution in [1.29, 1.82) is 0 Å². The number of methoxy groups -OCH3 is 1. The van der Waals surface area contributed by atoms with Gasteiger partial charge in [-0.3, -0.25) is 4.79 Å². The predicted octanol–water partition coefficient (Wildman–Crippen LogP) is 6.05. The van der Waals surface area contributed by atoms with Crippen molar-refractivity contribution in [2.75, 3.05) is 13.9 Å². The number of esters is 1. The minimum atomic E-state index is -0.606. The van der Waals surface area contributed by atoms with Gasteiger partial charge in [-0.25, -0.2) is 4.79 Å². The largest absolute Gasteiger partial charge is 0.489 e. The Balaban J connectivity index is 1.51. The van der Waals surface area contributed by atoms with E-state index in [2.05, 4.69) is 0 Å². The van der Waals surface area contributed by atoms with Gasteiger partial charge in [-0.2, -0.15) is 0 Å². The molecule has 0 amide bonds. The molecule has 0 unspecified atom stereocenters. The van der Waals surface area contributed by atoms with Gasteiger partial charge in [0.15, 0.2) is 17.3 Å². The van der Waals surface area contributed by atoms with Crippen LogP contribution in [-0.4, -0.2) is 25.7 Å². The Labute approximate surface area is 221 Å². The monoisotopic (exact) mass is 506 g/mol. The van der Waals surface area contributed by atoms with E-state index in [4.69, 9.17) is 18.9 Å². The number of Topliss-reactive ketones (excluding diaryl/α,β-unsaturated/α-hetero) is 1. The Morgan fingerprint density at radius 2 is 1.37 bits per heavy atom. The van der Waals surface area contributed by atoms with Gasteiger partial charge in [0, 0.05) is 17.6 Å². The molecule has 0 saturated carbocycles. The Hall–Kier alpha value is -4.84. The molecule has 1 aliphatic rings. The third kappa shape index (κ3) is 5.60. The highest BCUT2D eigenvalue weighted by atomic mass is 16.7. The number of hydrogen-bond donors (Lipinski definition) is 0. The zero-order chi connectivity index (χ0) is 26.3. The van der Waals surface area contributed by atoms with Gasteiger partial charge >= 0.3 is 5.97 Å². The van der Waals surface area contributed by atoms with Crippen LogP contribution in [0.2, 0.25) is 0 Å². The molecular weight excluding hydrogens is 480 g/mol. The van der Waals surface area contributed by atoms with Gasteiger partial charge in [0.25, 0.3) is 0 Å². The molecule has 0 aromatic heterocycles. The summed E-state index contributed by atoms with van der Waals surface area (Å²) in [6.07, 6.45) is 0.241. The van der Waals surface area contributed by atoms with Gasteiger partial charge in [0.05, 0.1) is 12.7 Å². The van der Waals surface area contributed by atoms with Crippen LogP contribution in [0.25, 0.3) is 5.57 Å². The maximum absolute atomic E-state index is 13.9. The summed E-state index contributed by atoms with van der Waals surface area (Å²) in [6, 6.07) is 31.5. The fraction of sp³-hybridized carbons (Fsp3) is 0.125. The number of rotatable bonds is 9. The van der Waals surface area contributed by atoms with E-state index in [9.17, 15) is 9.59 Å². The first-order chi connectivity index (χ1) is 18.6. The summed E-state index contributed by atoms with van der Waals surface area (Å²) in [5.74, 6) is 0.853. The highest BCUT2D eigenvalue weighted by molar-refractivity contribution is 6.27. The summed E-state index contributed by atoms with van der Waals surface area (Å²) in [6.45, 7) is 0.522. The molecule has 6 heteroatoms. The predicted molar refractivity (Wildman–Crippen MR) is 143 cm³/mol. The average Bonchev–Trinajstić information content (AvgIpc) is 3.45. The molecule has 38 heavy (non-hydrogen) atoms. The summed E-state index contributed by atoms with van der Waals surface area (Å²) < 4.78 is 22.0. The van der Waals surface area contributed by atoms with Crippen molar-refractivity contribution < 1.29 is 28.5 Å². The van der Waals surface area contributed by atoms with E-state index in [1.54, 1.807) is 42.5 Å². The van der Waals surface area contributed by atoms with E-state index in [0.717, 1.165) is 11.1 Å². The van der Waals surface area contributed by atoms with Crippen molar-refractivity contribution in [1.82, 2.24) is 0 Å². The standard InChI is InChI=1S/C32H26O6/c1-35-32(34)30(25-14-17-28-29(19-25)38-21-37-28)27(18-22-8-4-2-5-9-22)31(33)24-12-15-26(16-13-24)36-20-23-10-6-3-7-11-23/h2-17,19H,18,20-21H2,1H3/b30-27-. The van der Waals surface area contributed by atoms with Crippen LogP contribution in [-0.2, 0) is 22.6 Å². The number of hydrogen-bond acceptors (Lipinski definition) is 6. The number of carbonyl (C=O) groups is 2. The van der Waals surface area contributed by atoms with Crippen molar-refractivity contribution >= 4 is 17.3 Å². The summed E-state index contributed by atoms with van der Waals surface area (Å²) in [5, 5.41) is 0. The van der Waals surface area contributed by atoms with Gasteiger partial charge in [0.2, 0.25) is 6.79 Å². The van der Waals surface area contributed by atoms with E-state index in [1.807, 2.05) is 60.7 Å². The van der Waals surface area contributed by atoms with E-state index in [1.165, 1.54) is 7.11 Å². The number of ketones is 1. The van der Waals surface area contributed by atoms with Crippen LogP contribution in [0.1, 0.15) is 27.0 Å². The zero-order valence-corrected chi connectivity index (χ0v) is 20.9. The van der Waals surface area contributed by atoms with E-state index in [-0.39, 0.29) is 24.6 Å². The molecule has 190 valence electrons. The van der Waals surface area contributed by atoms with E-state index in [0.29, 0.717) is 40.6 Å². The van der Waals surface area contributed by atoms with Crippen molar-refractivity contribution in [2.45, 2.75) is 13.0 Å². The highest BCUT2D eigenvalue weighted by Gasteiger charge is 2.26. The lowest BCUT2D eigenvalue weighted by molar-refractivity contribution is -0.133. The molecule has 0 aliphatic carbocycles. The number of carbonyl (C=O) groups excluding carboxylic acids is 2. The molecule has 0 N–H and O–H groups in total. The number of allylic oxidation sites excluding steroid dienone is 1. The van der Waals surface area contributed by atoms with Crippen LogP contribution in [0.15, 0.2) is 109 Å². The van der Waals surface area contributed by atoms with Crippen LogP contribution < -0.4 is 14.2 Å². The molecule has 4 aromatic carbocycles. The molecule has 4 aromatic rings. The fourth-order valence-electron chi connectivity index (χ4n) is 4.27. The summed E-state index contributed by atoms with van der Waals surface area (Å²) in [4.78, 5) is 27.1. The van der Waals surface area contributed by atoms with Crippen molar-refractivity contribution in [2.24, 2.45) is 0 Å². The first-order valence-corrected chi connectivity index (χ1v) is 12.2. The van der Waals surface area contributed by atoms with Crippen LogP contribution in [0.4, 0.5) is 0 Å². The topological polar surface area (TPSA) is 71.1 Å². The van der Waals surface area contributed by atoms with Gasteiger partial charge in [0.1, 0.15) is 12.4 Å². The molecule has 1 aliphatic heterocycles. The number of benzene rings is 4. The molecule has 1 heterocycles. The molecule has 0 bridgehead atoms. The molecule has 0 atom stereocenters. The lowest BCUT2D eigenvalue weighted by atomic mass is 9.89. The molecule has 0 spiro atoms. The highest BCUT2D eigenvalue weighted by Crippen LogP contribution is 2.36. The fourth-order valence-corrected chi connectivity index (χ4v) is 4.27. The number of ether oxygens (including phenoxy) is 4. The molecule has 6 nitrogen and oxygen atoms in total. The Bertz CT molecular complexity index is 1460.